The molecule has 12 heavy (non-hydrogen) atoms. The second-order valence-corrected chi connectivity index (χ2v) is 4.23. The average molecular weight is 190 g/mol. The third kappa shape index (κ3) is 2.13. The highest BCUT2D eigenvalue weighted by molar-refractivity contribution is 6.62. The van der Waals surface area contributed by atoms with Gasteiger partial charge in [0, 0.05) is 13.1 Å². The Morgan fingerprint density at radius 2 is 2.00 bits per heavy atom. The fourth-order valence-corrected chi connectivity index (χ4v) is 1.74. The summed E-state index contributed by atoms with van der Waals surface area (Å²) in [6.45, 7) is 6.14. The standard InChI is InChI=1S/C9H16ClNO/c1-3-9(2)4-6-11(7-5-9)8(10)12/h3-7H2,1-2H3. The normalized spacial score (nSPS) is 22.4. The van der Waals surface area contributed by atoms with Crippen LogP contribution < -0.4 is 0 Å². The Kier molecular flexibility index (Phi) is 2.99. The van der Waals surface area contributed by atoms with Crippen LogP contribution in [-0.2, 0) is 0 Å². The van der Waals surface area contributed by atoms with Crippen molar-refractivity contribution in [1.82, 2.24) is 4.90 Å². The third-order valence-electron chi connectivity index (χ3n) is 3.07. The molecule has 1 amide bonds. The van der Waals surface area contributed by atoms with Gasteiger partial charge in [-0.3, -0.25) is 4.79 Å². The first-order valence-corrected chi connectivity index (χ1v) is 4.89. The number of piperidine rings is 1. The molecule has 1 aliphatic heterocycles. The first-order chi connectivity index (χ1) is 5.57. The molecule has 3 heteroatoms. The molecular formula is C9H16ClNO. The zero-order valence-corrected chi connectivity index (χ0v) is 8.52. The molecule has 0 spiro atoms. The van der Waals surface area contributed by atoms with Gasteiger partial charge in [-0.2, -0.15) is 0 Å². The summed E-state index contributed by atoms with van der Waals surface area (Å²) in [5.41, 5.74) is 0.433. The lowest BCUT2D eigenvalue weighted by atomic mass is 9.78. The van der Waals surface area contributed by atoms with Crippen LogP contribution in [-0.4, -0.2) is 23.4 Å². The van der Waals surface area contributed by atoms with Crippen molar-refractivity contribution in [3.05, 3.63) is 0 Å². The van der Waals surface area contributed by atoms with E-state index < -0.39 is 0 Å². The van der Waals surface area contributed by atoms with E-state index in [0.29, 0.717) is 5.41 Å². The van der Waals surface area contributed by atoms with Crippen LogP contribution in [0, 0.1) is 5.41 Å². The minimum atomic E-state index is -0.298. The van der Waals surface area contributed by atoms with E-state index in [2.05, 4.69) is 13.8 Å². The van der Waals surface area contributed by atoms with Crippen LogP contribution >= 0.6 is 11.6 Å². The lowest BCUT2D eigenvalue weighted by Gasteiger charge is -2.37. The SMILES string of the molecule is CCC1(C)CCN(C(=O)Cl)CC1. The molecule has 0 aromatic carbocycles. The predicted octanol–water partition coefficient (Wildman–Crippen LogP) is 2.86. The average Bonchev–Trinajstić information content (AvgIpc) is 2.05. The zero-order chi connectivity index (χ0) is 9.19. The van der Waals surface area contributed by atoms with E-state index in [1.165, 1.54) is 6.42 Å². The highest BCUT2D eigenvalue weighted by Crippen LogP contribution is 2.34. The van der Waals surface area contributed by atoms with Crippen LogP contribution in [0.2, 0.25) is 0 Å². The van der Waals surface area contributed by atoms with Crippen molar-refractivity contribution in [3.63, 3.8) is 0 Å². The Morgan fingerprint density at radius 1 is 1.50 bits per heavy atom. The van der Waals surface area contributed by atoms with Gasteiger partial charge in [0.1, 0.15) is 0 Å². The second kappa shape index (κ2) is 3.65. The van der Waals surface area contributed by atoms with Gasteiger partial charge >= 0.3 is 5.37 Å². The van der Waals surface area contributed by atoms with E-state index >= 15 is 0 Å². The summed E-state index contributed by atoms with van der Waals surface area (Å²) in [4.78, 5) is 12.5. The van der Waals surface area contributed by atoms with Crippen molar-refractivity contribution < 1.29 is 4.79 Å². The van der Waals surface area contributed by atoms with Crippen LogP contribution in [0.1, 0.15) is 33.1 Å². The molecule has 1 fully saturated rings. The van der Waals surface area contributed by atoms with Crippen LogP contribution in [0.5, 0.6) is 0 Å². The van der Waals surface area contributed by atoms with Gasteiger partial charge in [-0.25, -0.2) is 0 Å². The minimum absolute atomic E-state index is 0.298. The Morgan fingerprint density at radius 3 is 2.33 bits per heavy atom. The molecule has 1 heterocycles. The molecular weight excluding hydrogens is 174 g/mol. The van der Waals surface area contributed by atoms with E-state index in [9.17, 15) is 4.79 Å². The molecule has 0 saturated carbocycles. The predicted molar refractivity (Wildman–Crippen MR) is 50.5 cm³/mol. The van der Waals surface area contributed by atoms with Crippen molar-refractivity contribution >= 4 is 17.0 Å². The number of hydrogen-bond acceptors (Lipinski definition) is 1. The van der Waals surface area contributed by atoms with Crippen molar-refractivity contribution in [2.45, 2.75) is 33.1 Å². The number of likely N-dealkylation sites (tertiary alicyclic amines) is 1. The van der Waals surface area contributed by atoms with Crippen LogP contribution in [0.15, 0.2) is 0 Å². The largest absolute Gasteiger partial charge is 0.329 e. The van der Waals surface area contributed by atoms with Crippen molar-refractivity contribution in [2.24, 2.45) is 5.41 Å². The smallest absolute Gasteiger partial charge is 0.316 e. The van der Waals surface area contributed by atoms with Gasteiger partial charge in [-0.05, 0) is 29.9 Å². The maximum Gasteiger partial charge on any atom is 0.316 e. The molecule has 1 aliphatic rings. The number of nitrogens with zero attached hydrogens (tertiary/aromatic N) is 1. The number of carbonyl (C=O) groups excluding carboxylic acids is 1. The van der Waals surface area contributed by atoms with Gasteiger partial charge in [0.2, 0.25) is 0 Å². The Hall–Kier alpha value is -0.240. The van der Waals surface area contributed by atoms with Gasteiger partial charge in [0.25, 0.3) is 0 Å². The molecule has 1 rings (SSSR count). The Labute approximate surface area is 78.9 Å². The molecule has 0 aromatic heterocycles. The quantitative estimate of drug-likeness (QED) is 0.459. The molecule has 1 saturated heterocycles. The van der Waals surface area contributed by atoms with Gasteiger partial charge < -0.3 is 4.90 Å². The molecule has 70 valence electrons. The topological polar surface area (TPSA) is 20.3 Å². The molecule has 0 bridgehead atoms. The highest BCUT2D eigenvalue weighted by atomic mass is 35.5. The van der Waals surface area contributed by atoms with Crippen LogP contribution in [0.4, 0.5) is 4.79 Å². The Balaban J connectivity index is 2.44. The first kappa shape index (κ1) is 9.85. The molecule has 0 atom stereocenters. The van der Waals surface area contributed by atoms with E-state index in [1.807, 2.05) is 0 Å². The highest BCUT2D eigenvalue weighted by Gasteiger charge is 2.29. The number of halogens is 1. The molecule has 0 radical (unpaired) electrons. The van der Waals surface area contributed by atoms with E-state index in [4.69, 9.17) is 11.6 Å². The molecule has 2 nitrogen and oxygen atoms in total. The maximum atomic E-state index is 10.8. The van der Waals surface area contributed by atoms with Gasteiger partial charge in [0.15, 0.2) is 0 Å². The molecule has 0 aromatic rings. The molecule has 0 aliphatic carbocycles. The number of rotatable bonds is 1. The number of hydrogen-bond donors (Lipinski definition) is 0. The summed E-state index contributed by atoms with van der Waals surface area (Å²) in [5, 5.41) is -0.298. The van der Waals surface area contributed by atoms with Crippen LogP contribution in [0.3, 0.4) is 0 Å². The second-order valence-electron chi connectivity index (χ2n) is 3.90. The van der Waals surface area contributed by atoms with E-state index in [1.54, 1.807) is 4.90 Å². The summed E-state index contributed by atoms with van der Waals surface area (Å²) in [6, 6.07) is 0. The summed E-state index contributed by atoms with van der Waals surface area (Å²) < 4.78 is 0. The van der Waals surface area contributed by atoms with E-state index in [0.717, 1.165) is 25.9 Å². The summed E-state index contributed by atoms with van der Waals surface area (Å²) >= 11 is 5.38. The van der Waals surface area contributed by atoms with Crippen molar-refractivity contribution in [2.75, 3.05) is 13.1 Å². The van der Waals surface area contributed by atoms with E-state index in [-0.39, 0.29) is 5.37 Å². The van der Waals surface area contributed by atoms with Crippen molar-refractivity contribution in [1.29, 1.82) is 0 Å². The number of carbonyl (C=O) groups is 1. The van der Waals surface area contributed by atoms with Gasteiger partial charge in [0.05, 0.1) is 0 Å². The summed E-state index contributed by atoms with van der Waals surface area (Å²) in [5.74, 6) is 0. The van der Waals surface area contributed by atoms with Crippen molar-refractivity contribution in [3.8, 4) is 0 Å². The van der Waals surface area contributed by atoms with Crippen LogP contribution in [0.25, 0.3) is 0 Å². The maximum absolute atomic E-state index is 10.8. The van der Waals surface area contributed by atoms with Gasteiger partial charge in [-0.15, -0.1) is 0 Å². The fraction of sp³-hybridized carbons (Fsp3) is 0.889. The van der Waals surface area contributed by atoms with Gasteiger partial charge in [-0.1, -0.05) is 20.3 Å². The Bertz CT molecular complexity index is 173. The lowest BCUT2D eigenvalue weighted by Crippen LogP contribution is -2.39. The lowest BCUT2D eigenvalue weighted by molar-refractivity contribution is 0.138. The minimum Gasteiger partial charge on any atom is -0.329 e. The summed E-state index contributed by atoms with van der Waals surface area (Å²) in [6.07, 6.45) is 3.36. The zero-order valence-electron chi connectivity index (χ0n) is 7.77. The number of amides is 1. The monoisotopic (exact) mass is 189 g/mol. The first-order valence-electron chi connectivity index (χ1n) is 4.52. The fourth-order valence-electron chi connectivity index (χ4n) is 1.58. The molecule has 0 N–H and O–H groups in total. The molecule has 0 unspecified atom stereocenters. The summed E-state index contributed by atoms with van der Waals surface area (Å²) in [7, 11) is 0. The third-order valence-corrected chi connectivity index (χ3v) is 3.31.